The van der Waals surface area contributed by atoms with Crippen LogP contribution in [0.1, 0.15) is 36.7 Å². The minimum atomic E-state index is -3.87. The van der Waals surface area contributed by atoms with Gasteiger partial charge in [-0.05, 0) is 38.3 Å². The fourth-order valence-electron chi connectivity index (χ4n) is 3.29. The predicted octanol–water partition coefficient (Wildman–Crippen LogP) is 1.26. The van der Waals surface area contributed by atoms with Crippen LogP contribution >= 0.6 is 0 Å². The molecule has 11 heteroatoms. The number of sulfonamides is 1. The Morgan fingerprint density at radius 3 is 2.73 bits per heavy atom. The van der Waals surface area contributed by atoms with Crippen LogP contribution in [0.4, 0.5) is 0 Å². The maximum absolute atomic E-state index is 12.8. The van der Waals surface area contributed by atoms with Gasteiger partial charge in [0, 0.05) is 44.5 Å². The number of imidazole rings is 1. The molecular weight excluding hydrogens is 412 g/mol. The number of hydrogen-bond donors (Lipinski definition) is 1. The zero-order chi connectivity index (χ0) is 21.6. The number of aromatic nitrogens is 2. The standard InChI is InChI=1S/C19H26N4O6S/c1-2-28-19(25)16-4-5-17(29-16)30(26,27)23-11-6-15(7-12-23)18(24)21-8-3-10-22-13-9-20-14-22/h4-5,9,13-15H,2-3,6-8,10-12H2,1H3,(H,21,24). The first kappa shape index (κ1) is 22.0. The van der Waals surface area contributed by atoms with Crippen molar-refractivity contribution in [3.8, 4) is 0 Å². The van der Waals surface area contributed by atoms with E-state index in [0.717, 1.165) is 13.0 Å². The summed E-state index contributed by atoms with van der Waals surface area (Å²) in [6, 6.07) is 2.54. The summed E-state index contributed by atoms with van der Waals surface area (Å²) in [5.41, 5.74) is 0. The van der Waals surface area contributed by atoms with Gasteiger partial charge in [0.05, 0.1) is 12.9 Å². The second kappa shape index (κ2) is 9.90. The van der Waals surface area contributed by atoms with E-state index in [0.29, 0.717) is 19.4 Å². The smallest absolute Gasteiger partial charge is 0.374 e. The molecule has 3 rings (SSSR count). The lowest BCUT2D eigenvalue weighted by atomic mass is 9.97. The largest absolute Gasteiger partial charge is 0.460 e. The molecule has 1 saturated heterocycles. The second-order valence-electron chi connectivity index (χ2n) is 6.96. The van der Waals surface area contributed by atoms with Crippen molar-refractivity contribution in [3.63, 3.8) is 0 Å². The number of nitrogens with one attached hydrogen (secondary N) is 1. The number of nitrogens with zero attached hydrogens (tertiary/aromatic N) is 3. The van der Waals surface area contributed by atoms with E-state index in [-0.39, 0.29) is 42.4 Å². The Balaban J connectivity index is 1.47. The van der Waals surface area contributed by atoms with Gasteiger partial charge in [0.15, 0.2) is 0 Å². The van der Waals surface area contributed by atoms with Gasteiger partial charge in [-0.3, -0.25) is 4.79 Å². The van der Waals surface area contributed by atoms with Crippen LogP contribution in [0.25, 0.3) is 0 Å². The zero-order valence-electron chi connectivity index (χ0n) is 16.8. The van der Waals surface area contributed by atoms with E-state index in [1.807, 2.05) is 10.8 Å². The Labute approximate surface area is 175 Å². The lowest BCUT2D eigenvalue weighted by Gasteiger charge is -2.29. The van der Waals surface area contributed by atoms with Crippen LogP contribution in [0.2, 0.25) is 0 Å². The van der Waals surface area contributed by atoms with Gasteiger partial charge in [-0.2, -0.15) is 4.31 Å². The second-order valence-corrected chi connectivity index (χ2v) is 8.83. The topological polar surface area (TPSA) is 124 Å². The first-order valence-electron chi connectivity index (χ1n) is 9.92. The molecule has 30 heavy (non-hydrogen) atoms. The van der Waals surface area contributed by atoms with E-state index in [2.05, 4.69) is 10.3 Å². The highest BCUT2D eigenvalue weighted by atomic mass is 32.2. The van der Waals surface area contributed by atoms with Crippen LogP contribution in [0.5, 0.6) is 0 Å². The summed E-state index contributed by atoms with van der Waals surface area (Å²) >= 11 is 0. The van der Waals surface area contributed by atoms with Gasteiger partial charge in [-0.15, -0.1) is 0 Å². The van der Waals surface area contributed by atoms with E-state index in [9.17, 15) is 18.0 Å². The molecule has 0 unspecified atom stereocenters. The molecule has 0 bridgehead atoms. The van der Waals surface area contributed by atoms with E-state index in [1.54, 1.807) is 19.4 Å². The van der Waals surface area contributed by atoms with Crippen molar-refractivity contribution in [2.24, 2.45) is 5.92 Å². The maximum Gasteiger partial charge on any atom is 0.374 e. The zero-order valence-corrected chi connectivity index (χ0v) is 17.6. The van der Waals surface area contributed by atoms with Crippen molar-refractivity contribution in [2.75, 3.05) is 26.2 Å². The third kappa shape index (κ3) is 5.28. The third-order valence-corrected chi connectivity index (χ3v) is 6.70. The van der Waals surface area contributed by atoms with E-state index in [4.69, 9.17) is 9.15 Å². The van der Waals surface area contributed by atoms with E-state index < -0.39 is 16.0 Å². The number of furan rings is 1. The first-order chi connectivity index (χ1) is 14.4. The molecule has 1 aliphatic rings. The molecule has 0 aliphatic carbocycles. The summed E-state index contributed by atoms with van der Waals surface area (Å²) in [6.07, 6.45) is 6.95. The molecule has 10 nitrogen and oxygen atoms in total. The van der Waals surface area contributed by atoms with Crippen molar-refractivity contribution in [3.05, 3.63) is 36.6 Å². The molecule has 0 spiro atoms. The number of carbonyl (C=O) groups is 2. The normalized spacial score (nSPS) is 15.8. The molecule has 2 aromatic rings. The Bertz CT molecular complexity index is 946. The fraction of sp³-hybridized carbons (Fsp3) is 0.526. The highest BCUT2D eigenvalue weighted by Crippen LogP contribution is 2.25. The molecule has 0 aromatic carbocycles. The van der Waals surface area contributed by atoms with Gasteiger partial charge in [0.2, 0.25) is 16.8 Å². The van der Waals surface area contributed by atoms with Crippen LogP contribution in [0.15, 0.2) is 40.4 Å². The monoisotopic (exact) mass is 438 g/mol. The summed E-state index contributed by atoms with van der Waals surface area (Å²) in [6.45, 7) is 3.57. The Morgan fingerprint density at radius 2 is 2.07 bits per heavy atom. The lowest BCUT2D eigenvalue weighted by molar-refractivity contribution is -0.126. The average Bonchev–Trinajstić information content (AvgIpc) is 3.44. The molecule has 1 N–H and O–H groups in total. The third-order valence-electron chi connectivity index (χ3n) is 4.93. The molecule has 1 fully saturated rings. The van der Waals surface area contributed by atoms with Gasteiger partial charge in [-0.25, -0.2) is 18.2 Å². The van der Waals surface area contributed by atoms with Gasteiger partial charge >= 0.3 is 5.97 Å². The van der Waals surface area contributed by atoms with E-state index >= 15 is 0 Å². The number of esters is 1. The summed E-state index contributed by atoms with van der Waals surface area (Å²) in [5, 5.41) is 2.62. The number of hydrogen-bond acceptors (Lipinski definition) is 7. The van der Waals surface area contributed by atoms with Crippen LogP contribution in [0, 0.1) is 5.92 Å². The van der Waals surface area contributed by atoms with Crippen LogP contribution in [0.3, 0.4) is 0 Å². The number of ether oxygens (including phenoxy) is 1. The van der Waals surface area contributed by atoms with Gasteiger partial charge in [-0.1, -0.05) is 0 Å². The molecule has 0 saturated carbocycles. The molecule has 1 aliphatic heterocycles. The van der Waals surface area contributed by atoms with Crippen molar-refractivity contribution < 1.29 is 27.2 Å². The average molecular weight is 439 g/mol. The summed E-state index contributed by atoms with van der Waals surface area (Å²) in [4.78, 5) is 28.0. The SMILES string of the molecule is CCOC(=O)c1ccc(S(=O)(=O)N2CCC(C(=O)NCCCn3ccnc3)CC2)o1. The number of carbonyl (C=O) groups excluding carboxylic acids is 2. The minimum absolute atomic E-state index is 0.0553. The maximum atomic E-state index is 12.8. The van der Waals surface area contributed by atoms with Crippen molar-refractivity contribution in [1.82, 2.24) is 19.2 Å². The molecular formula is C19H26N4O6S. The van der Waals surface area contributed by atoms with Crippen LogP contribution < -0.4 is 5.32 Å². The number of rotatable bonds is 9. The van der Waals surface area contributed by atoms with Gasteiger partial charge in [0.1, 0.15) is 0 Å². The van der Waals surface area contributed by atoms with Crippen molar-refractivity contribution in [1.29, 1.82) is 0 Å². The molecule has 0 atom stereocenters. The summed E-state index contributed by atoms with van der Waals surface area (Å²) < 4.78 is 38.7. The fourth-order valence-corrected chi connectivity index (χ4v) is 4.67. The lowest BCUT2D eigenvalue weighted by Crippen LogP contribution is -2.43. The predicted molar refractivity (Wildman–Crippen MR) is 106 cm³/mol. The quantitative estimate of drug-likeness (QED) is 0.462. The van der Waals surface area contributed by atoms with Gasteiger partial charge < -0.3 is 19.0 Å². The summed E-state index contributed by atoms with van der Waals surface area (Å²) in [7, 11) is -3.87. The molecule has 0 radical (unpaired) electrons. The molecule has 2 aromatic heterocycles. The van der Waals surface area contributed by atoms with Crippen molar-refractivity contribution in [2.45, 2.75) is 37.8 Å². The molecule has 1 amide bonds. The Morgan fingerprint density at radius 1 is 1.30 bits per heavy atom. The van der Waals surface area contributed by atoms with E-state index in [1.165, 1.54) is 16.4 Å². The molecule has 164 valence electrons. The minimum Gasteiger partial charge on any atom is -0.460 e. The van der Waals surface area contributed by atoms with Crippen LogP contribution in [-0.2, 0) is 26.1 Å². The summed E-state index contributed by atoms with van der Waals surface area (Å²) in [5.74, 6) is -1.14. The first-order valence-corrected chi connectivity index (χ1v) is 11.4. The number of aryl methyl sites for hydroxylation is 1. The number of amides is 1. The highest BCUT2D eigenvalue weighted by molar-refractivity contribution is 7.89. The molecule has 3 heterocycles. The Hall–Kier alpha value is -2.66. The highest BCUT2D eigenvalue weighted by Gasteiger charge is 2.34. The van der Waals surface area contributed by atoms with Crippen LogP contribution in [-0.4, -0.2) is 60.4 Å². The number of piperidine rings is 1. The Kier molecular flexibility index (Phi) is 7.27. The van der Waals surface area contributed by atoms with Gasteiger partial charge in [0.25, 0.3) is 10.0 Å². The van der Waals surface area contributed by atoms with Crippen molar-refractivity contribution >= 4 is 21.9 Å².